The number of pyridine rings is 1. The highest BCUT2D eigenvalue weighted by molar-refractivity contribution is 6.05. The Morgan fingerprint density at radius 2 is 1.76 bits per heavy atom. The third-order valence-electron chi connectivity index (χ3n) is 2.88. The molecule has 6 nitrogen and oxygen atoms in total. The molecule has 0 bridgehead atoms. The van der Waals surface area contributed by atoms with E-state index in [0.29, 0.717) is 22.6 Å². The smallest absolute Gasteiger partial charge is 0.255 e. The maximum Gasteiger partial charge on any atom is 0.255 e. The molecule has 0 aliphatic carbocycles. The summed E-state index contributed by atoms with van der Waals surface area (Å²) in [5.74, 6) is -0.0813. The average molecular weight is 285 g/mol. The highest BCUT2D eigenvalue weighted by atomic mass is 16.5. The molecule has 2 amide bonds. The van der Waals surface area contributed by atoms with Gasteiger partial charge in [0.2, 0.25) is 0 Å². The Kier molecular flexibility index (Phi) is 4.50. The monoisotopic (exact) mass is 285 g/mol. The number of rotatable bonds is 4. The largest absolute Gasteiger partial charge is 0.495 e. The second kappa shape index (κ2) is 6.51. The summed E-state index contributed by atoms with van der Waals surface area (Å²) in [6.07, 6.45) is 3.08. The first-order valence-corrected chi connectivity index (χ1v) is 6.27. The van der Waals surface area contributed by atoms with Crippen LogP contribution in [-0.2, 0) is 0 Å². The van der Waals surface area contributed by atoms with Crippen LogP contribution in [-0.4, -0.2) is 31.0 Å². The minimum absolute atomic E-state index is 0.222. The summed E-state index contributed by atoms with van der Waals surface area (Å²) < 4.78 is 5.21. The van der Waals surface area contributed by atoms with Crippen LogP contribution in [0.4, 0.5) is 5.69 Å². The molecule has 0 unspecified atom stereocenters. The first-order chi connectivity index (χ1) is 10.2. The number of aromatic nitrogens is 1. The van der Waals surface area contributed by atoms with Crippen molar-refractivity contribution in [2.24, 2.45) is 0 Å². The predicted molar refractivity (Wildman–Crippen MR) is 78.6 cm³/mol. The van der Waals surface area contributed by atoms with E-state index in [4.69, 9.17) is 4.74 Å². The predicted octanol–water partition coefficient (Wildman–Crippen LogP) is 1.70. The lowest BCUT2D eigenvalue weighted by molar-refractivity contribution is 0.0962. The van der Waals surface area contributed by atoms with Crippen molar-refractivity contribution in [3.63, 3.8) is 0 Å². The highest BCUT2D eigenvalue weighted by Gasteiger charge is 2.12. The zero-order chi connectivity index (χ0) is 15.2. The van der Waals surface area contributed by atoms with Gasteiger partial charge in [0.25, 0.3) is 11.8 Å². The molecule has 0 radical (unpaired) electrons. The van der Waals surface area contributed by atoms with Crippen molar-refractivity contribution in [3.8, 4) is 5.75 Å². The van der Waals surface area contributed by atoms with Gasteiger partial charge in [0, 0.05) is 30.6 Å². The van der Waals surface area contributed by atoms with Crippen LogP contribution in [0.25, 0.3) is 0 Å². The lowest BCUT2D eigenvalue weighted by atomic mass is 10.1. The molecule has 0 saturated carbocycles. The number of methoxy groups -OCH3 is 1. The normalized spacial score (nSPS) is 9.81. The maximum atomic E-state index is 12.1. The molecular weight excluding hydrogens is 270 g/mol. The van der Waals surface area contributed by atoms with Crippen molar-refractivity contribution in [3.05, 3.63) is 53.9 Å². The lowest BCUT2D eigenvalue weighted by Crippen LogP contribution is -2.18. The second-order valence-corrected chi connectivity index (χ2v) is 4.18. The van der Waals surface area contributed by atoms with Crippen LogP contribution in [0.15, 0.2) is 42.7 Å². The molecule has 0 spiro atoms. The fourth-order valence-corrected chi connectivity index (χ4v) is 1.78. The number of hydrogen-bond donors (Lipinski definition) is 2. The molecule has 2 rings (SSSR count). The van der Waals surface area contributed by atoms with E-state index < -0.39 is 0 Å². The fraction of sp³-hybridized carbons (Fsp3) is 0.133. The molecule has 1 heterocycles. The van der Waals surface area contributed by atoms with Gasteiger partial charge in [0.15, 0.2) is 0 Å². The first-order valence-electron chi connectivity index (χ1n) is 6.27. The van der Waals surface area contributed by atoms with E-state index in [-0.39, 0.29) is 11.8 Å². The molecule has 0 atom stereocenters. The SMILES string of the molecule is CNC(=O)c1ccc(NC(=O)c2ccncc2)c(OC)c1. The van der Waals surface area contributed by atoms with Gasteiger partial charge in [0.05, 0.1) is 12.8 Å². The summed E-state index contributed by atoms with van der Waals surface area (Å²) in [7, 11) is 3.03. The van der Waals surface area contributed by atoms with Gasteiger partial charge in [-0.2, -0.15) is 0 Å². The van der Waals surface area contributed by atoms with Crippen molar-refractivity contribution >= 4 is 17.5 Å². The van der Waals surface area contributed by atoms with Crippen LogP contribution in [0, 0.1) is 0 Å². The lowest BCUT2D eigenvalue weighted by Gasteiger charge is -2.11. The molecule has 21 heavy (non-hydrogen) atoms. The van der Waals surface area contributed by atoms with Crippen molar-refractivity contribution in [2.45, 2.75) is 0 Å². The van der Waals surface area contributed by atoms with E-state index in [1.165, 1.54) is 7.11 Å². The number of carbonyl (C=O) groups excluding carboxylic acids is 2. The molecular formula is C15H15N3O3. The van der Waals surface area contributed by atoms with Crippen LogP contribution < -0.4 is 15.4 Å². The molecule has 6 heteroatoms. The Hall–Kier alpha value is -2.89. The summed E-state index contributed by atoms with van der Waals surface area (Å²) in [5.41, 5.74) is 1.44. The van der Waals surface area contributed by atoms with Gasteiger partial charge in [-0.1, -0.05) is 0 Å². The van der Waals surface area contributed by atoms with Crippen LogP contribution >= 0.6 is 0 Å². The molecule has 1 aromatic carbocycles. The zero-order valence-electron chi connectivity index (χ0n) is 11.7. The standard InChI is InChI=1S/C15H15N3O3/c1-16-14(19)11-3-4-12(13(9-11)21-2)18-15(20)10-5-7-17-8-6-10/h3-9H,1-2H3,(H,16,19)(H,18,20). The minimum Gasteiger partial charge on any atom is -0.495 e. The molecule has 1 aromatic heterocycles. The maximum absolute atomic E-state index is 12.1. The van der Waals surface area contributed by atoms with Crippen LogP contribution in [0.2, 0.25) is 0 Å². The number of ether oxygens (including phenoxy) is 1. The number of benzene rings is 1. The Labute approximate surface area is 122 Å². The van der Waals surface area contributed by atoms with E-state index in [1.54, 1.807) is 49.8 Å². The van der Waals surface area contributed by atoms with Gasteiger partial charge in [-0.05, 0) is 30.3 Å². The van der Waals surface area contributed by atoms with Gasteiger partial charge >= 0.3 is 0 Å². The van der Waals surface area contributed by atoms with E-state index >= 15 is 0 Å². The van der Waals surface area contributed by atoms with Crippen LogP contribution in [0.5, 0.6) is 5.75 Å². The second-order valence-electron chi connectivity index (χ2n) is 4.18. The van der Waals surface area contributed by atoms with Gasteiger partial charge in [-0.3, -0.25) is 14.6 Å². The summed E-state index contributed by atoms with van der Waals surface area (Å²) in [6, 6.07) is 8.04. The average Bonchev–Trinajstić information content (AvgIpc) is 2.55. The van der Waals surface area contributed by atoms with Gasteiger partial charge in [0.1, 0.15) is 5.75 Å². The van der Waals surface area contributed by atoms with Crippen LogP contribution in [0.3, 0.4) is 0 Å². The Balaban J connectivity index is 2.24. The highest BCUT2D eigenvalue weighted by Crippen LogP contribution is 2.26. The molecule has 0 aliphatic rings. The van der Waals surface area contributed by atoms with E-state index in [2.05, 4.69) is 15.6 Å². The van der Waals surface area contributed by atoms with Crippen molar-refractivity contribution < 1.29 is 14.3 Å². The van der Waals surface area contributed by atoms with Gasteiger partial charge in [-0.15, -0.1) is 0 Å². The Morgan fingerprint density at radius 3 is 2.38 bits per heavy atom. The quantitative estimate of drug-likeness (QED) is 0.896. The molecule has 2 N–H and O–H groups in total. The number of nitrogens with one attached hydrogen (secondary N) is 2. The van der Waals surface area contributed by atoms with E-state index in [0.717, 1.165) is 0 Å². The Bertz CT molecular complexity index is 656. The van der Waals surface area contributed by atoms with Crippen LogP contribution in [0.1, 0.15) is 20.7 Å². The Morgan fingerprint density at radius 1 is 1.05 bits per heavy atom. The molecule has 0 aliphatic heterocycles. The third kappa shape index (κ3) is 3.36. The topological polar surface area (TPSA) is 80.3 Å². The van der Waals surface area contributed by atoms with Gasteiger partial charge < -0.3 is 15.4 Å². The summed E-state index contributed by atoms with van der Waals surface area (Å²) in [6.45, 7) is 0. The van der Waals surface area contributed by atoms with Crippen molar-refractivity contribution in [2.75, 3.05) is 19.5 Å². The summed E-state index contributed by atoms with van der Waals surface area (Å²) in [4.78, 5) is 27.5. The molecule has 108 valence electrons. The number of hydrogen-bond acceptors (Lipinski definition) is 4. The zero-order valence-corrected chi connectivity index (χ0v) is 11.7. The summed E-state index contributed by atoms with van der Waals surface area (Å²) in [5, 5.41) is 5.27. The van der Waals surface area contributed by atoms with Gasteiger partial charge in [-0.25, -0.2) is 0 Å². The van der Waals surface area contributed by atoms with Crippen molar-refractivity contribution in [1.29, 1.82) is 0 Å². The minimum atomic E-state index is -0.275. The fourth-order valence-electron chi connectivity index (χ4n) is 1.78. The first kappa shape index (κ1) is 14.5. The number of amides is 2. The molecule has 0 saturated heterocycles. The molecule has 0 fully saturated rings. The van der Waals surface area contributed by atoms with E-state index in [1.807, 2.05) is 0 Å². The van der Waals surface area contributed by atoms with E-state index in [9.17, 15) is 9.59 Å². The summed E-state index contributed by atoms with van der Waals surface area (Å²) >= 11 is 0. The number of nitrogens with zero attached hydrogens (tertiary/aromatic N) is 1. The molecule has 2 aromatic rings. The van der Waals surface area contributed by atoms with Crippen molar-refractivity contribution in [1.82, 2.24) is 10.3 Å². The third-order valence-corrected chi connectivity index (χ3v) is 2.88. The number of anilines is 1. The number of carbonyl (C=O) groups is 2.